The fourth-order valence-electron chi connectivity index (χ4n) is 1.22. The van der Waals surface area contributed by atoms with Crippen molar-refractivity contribution < 1.29 is 17.4 Å². The summed E-state index contributed by atoms with van der Waals surface area (Å²) in [6, 6.07) is 3.46. The number of hydrazine groups is 2. The van der Waals surface area contributed by atoms with Crippen molar-refractivity contribution in [1.82, 2.24) is 10.7 Å². The van der Waals surface area contributed by atoms with Gasteiger partial charge in [-0.15, -0.1) is 10.3 Å². The average Bonchev–Trinajstić information content (AvgIpc) is 2.30. The van der Waals surface area contributed by atoms with E-state index in [1.807, 2.05) is 0 Å². The van der Waals surface area contributed by atoms with Gasteiger partial charge in [-0.25, -0.2) is 0 Å². The zero-order chi connectivity index (χ0) is 14.0. The summed E-state index contributed by atoms with van der Waals surface area (Å²) in [5, 5.41) is 4.37. The lowest BCUT2D eigenvalue weighted by atomic mass is 10.3. The summed E-state index contributed by atoms with van der Waals surface area (Å²) in [4.78, 5) is -0.361. The van der Waals surface area contributed by atoms with Gasteiger partial charge < -0.3 is 0 Å². The van der Waals surface area contributed by atoms with Gasteiger partial charge in [0.25, 0.3) is 10.1 Å². The fourth-order valence-corrected chi connectivity index (χ4v) is 1.89. The summed E-state index contributed by atoms with van der Waals surface area (Å²) in [6.45, 7) is 0. The van der Waals surface area contributed by atoms with Crippen LogP contribution in [-0.2, 0) is 10.1 Å². The molecule has 1 aromatic rings. The van der Waals surface area contributed by atoms with Gasteiger partial charge in [0.1, 0.15) is 0 Å². The second-order valence-electron chi connectivity index (χ2n) is 3.36. The normalized spacial score (nSPS) is 14.9. The van der Waals surface area contributed by atoms with E-state index in [1.165, 1.54) is 6.07 Å². The van der Waals surface area contributed by atoms with Crippen LogP contribution in [0, 0.1) is 6.20 Å². The van der Waals surface area contributed by atoms with E-state index < -0.39 is 16.1 Å². The lowest BCUT2D eigenvalue weighted by molar-refractivity contribution is 0.271. The maximum Gasteiger partial charge on any atom is 0.294 e. The average molecular weight is 306 g/mol. The molecule has 19 heavy (non-hydrogen) atoms. The Labute approximate surface area is 113 Å². The van der Waals surface area contributed by atoms with Crippen molar-refractivity contribution in [2.24, 2.45) is 5.10 Å². The first kappa shape index (κ1) is 13.6. The molecule has 0 saturated carbocycles. The summed E-state index contributed by atoms with van der Waals surface area (Å²) >= 11 is 5.84. The Morgan fingerprint density at radius 1 is 1.53 bits per heavy atom. The minimum atomic E-state index is -4.36. The van der Waals surface area contributed by atoms with Crippen LogP contribution in [0.3, 0.4) is 0 Å². The molecule has 1 aromatic carbocycles. The van der Waals surface area contributed by atoms with Gasteiger partial charge in [0.05, 0.1) is 21.8 Å². The van der Waals surface area contributed by atoms with E-state index in [2.05, 4.69) is 22.2 Å². The lowest BCUT2D eigenvalue weighted by Crippen LogP contribution is -2.37. The van der Waals surface area contributed by atoms with Crippen molar-refractivity contribution in [3.8, 4) is 0 Å². The monoisotopic (exact) mass is 305 g/mol. The van der Waals surface area contributed by atoms with Crippen molar-refractivity contribution in [2.45, 2.75) is 4.90 Å². The van der Waals surface area contributed by atoms with E-state index >= 15 is 0 Å². The molecule has 7 nitrogen and oxygen atoms in total. The highest BCUT2D eigenvalue weighted by Crippen LogP contribution is 2.25. The van der Waals surface area contributed by atoms with Gasteiger partial charge in [0.2, 0.25) is 5.97 Å². The van der Waals surface area contributed by atoms with Gasteiger partial charge in [-0.1, -0.05) is 11.6 Å². The molecule has 0 amide bonds. The van der Waals surface area contributed by atoms with Gasteiger partial charge in [0.15, 0.2) is 0 Å². The van der Waals surface area contributed by atoms with E-state index in [0.29, 0.717) is 0 Å². The number of anilines is 1. The second kappa shape index (κ2) is 5.03. The zero-order valence-electron chi connectivity index (χ0n) is 9.13. The first-order chi connectivity index (χ1) is 8.86. The predicted molar refractivity (Wildman–Crippen MR) is 66.2 cm³/mol. The molecule has 2 rings (SSSR count). The van der Waals surface area contributed by atoms with Crippen LogP contribution in [0.1, 0.15) is 0 Å². The van der Waals surface area contributed by atoms with Crippen molar-refractivity contribution in [3.63, 3.8) is 0 Å². The third-order valence-electron chi connectivity index (χ3n) is 2.02. The number of rotatable bonds is 3. The number of nitrogens with zero attached hydrogens (tertiary/aromatic N) is 2. The minimum absolute atomic E-state index is 0.101. The predicted octanol–water partition coefficient (Wildman–Crippen LogP) is 1.33. The zero-order valence-corrected chi connectivity index (χ0v) is 10.7. The van der Waals surface area contributed by atoms with E-state index in [0.717, 1.165) is 23.4 Å². The molecule has 0 unspecified atom stereocenters. The summed E-state index contributed by atoms with van der Waals surface area (Å²) in [6.07, 6.45) is 3.31. The molecule has 0 fully saturated rings. The van der Waals surface area contributed by atoms with Crippen molar-refractivity contribution in [2.75, 3.05) is 5.43 Å². The Bertz CT molecular complexity index is 661. The third kappa shape index (κ3) is 3.34. The van der Waals surface area contributed by atoms with Crippen LogP contribution in [-0.4, -0.2) is 24.2 Å². The SMILES string of the molecule is O=S(=O)(O)c1ccc(Cl)c(NN2N=C(F)C=[C]N2)c1. The highest BCUT2D eigenvalue weighted by atomic mass is 35.5. The molecule has 0 aromatic heterocycles. The molecular formula is C9H7ClFN4O3S. The molecule has 1 aliphatic rings. The number of allylic oxidation sites excluding steroid dienone is 1. The molecule has 0 saturated heterocycles. The molecule has 0 atom stereocenters. The summed E-state index contributed by atoms with van der Waals surface area (Å²) in [5.74, 6) is -0.812. The van der Waals surface area contributed by atoms with Crippen LogP contribution in [0.2, 0.25) is 5.02 Å². The Hall–Kier alpha value is -1.84. The number of halogens is 2. The molecule has 0 spiro atoms. The number of hydrogen-bond donors (Lipinski definition) is 3. The molecule has 1 aliphatic heterocycles. The van der Waals surface area contributed by atoms with E-state index in [9.17, 15) is 12.8 Å². The fraction of sp³-hybridized carbons (Fsp3) is 0. The maximum absolute atomic E-state index is 12.8. The minimum Gasteiger partial charge on any atom is -0.282 e. The number of benzene rings is 1. The molecule has 101 valence electrons. The number of hydrogen-bond acceptors (Lipinski definition) is 6. The summed E-state index contributed by atoms with van der Waals surface area (Å²) in [7, 11) is -4.36. The first-order valence-corrected chi connectivity index (χ1v) is 6.60. The highest BCUT2D eigenvalue weighted by molar-refractivity contribution is 7.85. The topological polar surface area (TPSA) is 94.0 Å². The highest BCUT2D eigenvalue weighted by Gasteiger charge is 2.14. The van der Waals surface area contributed by atoms with Crippen molar-refractivity contribution in [3.05, 3.63) is 35.5 Å². The molecule has 0 aliphatic carbocycles. The van der Waals surface area contributed by atoms with E-state index in [-0.39, 0.29) is 15.6 Å². The molecule has 1 heterocycles. The van der Waals surface area contributed by atoms with Crippen LogP contribution >= 0.6 is 11.6 Å². The maximum atomic E-state index is 12.8. The molecular weight excluding hydrogens is 299 g/mol. The Balaban J connectivity index is 2.28. The quantitative estimate of drug-likeness (QED) is 0.730. The van der Waals surface area contributed by atoms with Gasteiger partial charge >= 0.3 is 0 Å². The standard InChI is InChI=1S/C9H7ClFN4O3S/c10-7-2-1-6(19(16,17)18)5-8(7)13-15-12-4-3-9(11)14-15/h1-3,5,12-13H,(H,16,17,18). The summed E-state index contributed by atoms with van der Waals surface area (Å²) in [5.41, 5.74) is 5.00. The third-order valence-corrected chi connectivity index (χ3v) is 3.20. The lowest BCUT2D eigenvalue weighted by Gasteiger charge is -2.22. The van der Waals surface area contributed by atoms with Crippen molar-refractivity contribution >= 4 is 33.4 Å². The van der Waals surface area contributed by atoms with Crippen LogP contribution < -0.4 is 10.9 Å². The van der Waals surface area contributed by atoms with Gasteiger partial charge in [-0.05, 0) is 18.2 Å². The van der Waals surface area contributed by atoms with Crippen LogP contribution in [0.25, 0.3) is 0 Å². The van der Waals surface area contributed by atoms with Gasteiger partial charge in [-0.3, -0.25) is 15.4 Å². The molecule has 3 N–H and O–H groups in total. The Kier molecular flexibility index (Phi) is 3.60. The molecule has 0 bridgehead atoms. The van der Waals surface area contributed by atoms with Gasteiger partial charge in [0, 0.05) is 6.08 Å². The van der Waals surface area contributed by atoms with Crippen LogP contribution in [0.15, 0.2) is 34.3 Å². The summed E-state index contributed by atoms with van der Waals surface area (Å²) < 4.78 is 43.7. The molecule has 1 radical (unpaired) electrons. The van der Waals surface area contributed by atoms with Crippen LogP contribution in [0.5, 0.6) is 0 Å². The smallest absolute Gasteiger partial charge is 0.282 e. The first-order valence-electron chi connectivity index (χ1n) is 4.78. The number of hydrazone groups is 1. The number of nitrogens with one attached hydrogen (secondary N) is 2. The Morgan fingerprint density at radius 2 is 2.26 bits per heavy atom. The van der Waals surface area contributed by atoms with E-state index in [4.69, 9.17) is 16.2 Å². The van der Waals surface area contributed by atoms with Gasteiger partial charge in [-0.2, -0.15) is 12.8 Å². The largest absolute Gasteiger partial charge is 0.294 e. The molecule has 10 heteroatoms. The van der Waals surface area contributed by atoms with Crippen molar-refractivity contribution in [1.29, 1.82) is 0 Å². The van der Waals surface area contributed by atoms with Crippen LogP contribution in [0.4, 0.5) is 10.1 Å². The second-order valence-corrected chi connectivity index (χ2v) is 5.19. The van der Waals surface area contributed by atoms with E-state index in [1.54, 1.807) is 0 Å². The Morgan fingerprint density at radius 3 is 2.89 bits per heavy atom.